The summed E-state index contributed by atoms with van der Waals surface area (Å²) in [4.78, 5) is 44.2. The zero-order valence-corrected chi connectivity index (χ0v) is 17.5. The fourth-order valence-corrected chi connectivity index (χ4v) is 3.71. The number of nitrogens with zero attached hydrogens (tertiary/aromatic N) is 4. The van der Waals surface area contributed by atoms with E-state index in [4.69, 9.17) is 4.74 Å². The summed E-state index contributed by atoms with van der Waals surface area (Å²) >= 11 is 0. The maximum Gasteiger partial charge on any atom is 0.335 e. The number of hydrogen-bond acceptors (Lipinski definition) is 7. The van der Waals surface area contributed by atoms with Gasteiger partial charge in [-0.2, -0.15) is 5.10 Å². The Morgan fingerprint density at radius 3 is 2.72 bits per heavy atom. The molecule has 3 heterocycles. The Morgan fingerprint density at radius 2 is 2.03 bits per heavy atom. The Labute approximate surface area is 182 Å². The quantitative estimate of drug-likeness (QED) is 0.628. The zero-order valence-electron chi connectivity index (χ0n) is 17.5. The number of carbonyl (C=O) groups is 1. The van der Waals surface area contributed by atoms with Crippen LogP contribution in [-0.4, -0.2) is 43.4 Å². The summed E-state index contributed by atoms with van der Waals surface area (Å²) in [5.41, 5.74) is -0.641. The van der Waals surface area contributed by atoms with Crippen LogP contribution >= 0.6 is 0 Å². The van der Waals surface area contributed by atoms with Gasteiger partial charge in [0.15, 0.2) is 0 Å². The number of amides is 1. The van der Waals surface area contributed by atoms with Gasteiger partial charge in [0.25, 0.3) is 5.56 Å². The summed E-state index contributed by atoms with van der Waals surface area (Å²) in [6.07, 6.45) is 3.61. The van der Waals surface area contributed by atoms with E-state index >= 15 is 0 Å². The van der Waals surface area contributed by atoms with E-state index in [1.54, 1.807) is 49.6 Å². The molecule has 0 bridgehead atoms. The fraction of sp³-hybridized carbons (Fsp3) is 0.227. The lowest BCUT2D eigenvalue weighted by Crippen LogP contribution is -2.33. The molecular formula is C22H21N5O5. The van der Waals surface area contributed by atoms with Crippen LogP contribution in [0.5, 0.6) is 11.6 Å². The molecule has 1 atom stereocenters. The molecule has 0 radical (unpaired) electrons. The summed E-state index contributed by atoms with van der Waals surface area (Å²) in [7, 11) is 1.43. The highest BCUT2D eigenvalue weighted by Gasteiger charge is 2.35. The third kappa shape index (κ3) is 3.55. The van der Waals surface area contributed by atoms with Crippen molar-refractivity contribution in [2.75, 3.05) is 7.11 Å². The van der Waals surface area contributed by atoms with Crippen molar-refractivity contribution in [3.8, 4) is 17.3 Å². The maximum absolute atomic E-state index is 12.7. The van der Waals surface area contributed by atoms with E-state index in [1.807, 2.05) is 6.07 Å². The lowest BCUT2D eigenvalue weighted by atomic mass is 10.0. The molecule has 0 saturated heterocycles. The number of aromatic amines is 1. The van der Waals surface area contributed by atoms with Crippen molar-refractivity contribution in [2.45, 2.75) is 25.8 Å². The molecule has 1 aliphatic rings. The normalized spacial score (nSPS) is 15.5. The molecule has 4 rings (SSSR count). The van der Waals surface area contributed by atoms with Crippen LogP contribution in [-0.2, 0) is 4.79 Å². The van der Waals surface area contributed by atoms with Crippen LogP contribution in [0, 0.1) is 0 Å². The van der Waals surface area contributed by atoms with Gasteiger partial charge in [-0.05, 0) is 23.8 Å². The molecule has 0 fully saturated rings. The van der Waals surface area contributed by atoms with Crippen LogP contribution in [0.15, 0.2) is 63.5 Å². The topological polar surface area (TPSA) is 130 Å². The zero-order chi connectivity index (χ0) is 22.8. The van der Waals surface area contributed by atoms with Gasteiger partial charge in [0, 0.05) is 25.2 Å². The highest BCUT2D eigenvalue weighted by atomic mass is 16.5. The van der Waals surface area contributed by atoms with Crippen LogP contribution in [0.25, 0.3) is 5.69 Å². The number of ether oxygens (including phenoxy) is 1. The average Bonchev–Trinajstić information content (AvgIpc) is 3.24. The minimum Gasteiger partial charge on any atom is -0.495 e. The highest BCUT2D eigenvalue weighted by molar-refractivity contribution is 6.04. The number of hydrogen-bond donors (Lipinski definition) is 2. The van der Waals surface area contributed by atoms with Crippen LogP contribution in [0.1, 0.15) is 36.9 Å². The molecule has 164 valence electrons. The second-order valence-electron chi connectivity index (χ2n) is 7.11. The van der Waals surface area contributed by atoms with Gasteiger partial charge in [-0.1, -0.05) is 25.1 Å². The molecule has 2 N–H and O–H groups in total. The fourth-order valence-electron chi connectivity index (χ4n) is 3.71. The van der Waals surface area contributed by atoms with Crippen molar-refractivity contribution in [2.24, 2.45) is 5.10 Å². The first-order valence-corrected chi connectivity index (χ1v) is 9.97. The number of aromatic nitrogens is 3. The standard InChI is InChI=1S/C22H21N5O5/c1-3-18(28)27-16(13-7-6-10-23-12-13)11-14(25-27)19-20(29)24-22(31)26(21(19)30)15-8-4-5-9-17(15)32-2/h4-10,12,16,30H,3,11H2,1-2H3,(H,24,29,31)/t16-/m1/s1. The summed E-state index contributed by atoms with van der Waals surface area (Å²) in [5, 5.41) is 16.7. The van der Waals surface area contributed by atoms with Gasteiger partial charge < -0.3 is 9.84 Å². The van der Waals surface area contributed by atoms with E-state index in [-0.39, 0.29) is 35.7 Å². The van der Waals surface area contributed by atoms with E-state index in [2.05, 4.69) is 15.1 Å². The number of benzene rings is 1. The minimum absolute atomic E-state index is 0.165. The van der Waals surface area contributed by atoms with Crippen LogP contribution < -0.4 is 16.0 Å². The Hall–Kier alpha value is -4.21. The van der Waals surface area contributed by atoms with E-state index < -0.39 is 23.2 Å². The second kappa shape index (κ2) is 8.50. The van der Waals surface area contributed by atoms with Crippen molar-refractivity contribution in [1.29, 1.82) is 0 Å². The third-order valence-corrected chi connectivity index (χ3v) is 5.24. The summed E-state index contributed by atoms with van der Waals surface area (Å²) < 4.78 is 6.24. The van der Waals surface area contributed by atoms with Crippen molar-refractivity contribution in [3.63, 3.8) is 0 Å². The molecule has 0 unspecified atom stereocenters. The van der Waals surface area contributed by atoms with Gasteiger partial charge in [-0.3, -0.25) is 19.6 Å². The first-order valence-electron chi connectivity index (χ1n) is 9.97. The number of carbonyl (C=O) groups excluding carboxylic acids is 1. The van der Waals surface area contributed by atoms with Gasteiger partial charge in [0.05, 0.1) is 24.6 Å². The lowest BCUT2D eigenvalue weighted by molar-refractivity contribution is -0.132. The number of pyridine rings is 1. The molecule has 1 amide bonds. The number of methoxy groups -OCH3 is 1. The van der Waals surface area contributed by atoms with Gasteiger partial charge in [0.2, 0.25) is 11.8 Å². The predicted octanol–water partition coefficient (Wildman–Crippen LogP) is 1.72. The number of aromatic hydroxyl groups is 1. The smallest absolute Gasteiger partial charge is 0.335 e. The Kier molecular flexibility index (Phi) is 5.59. The molecule has 32 heavy (non-hydrogen) atoms. The Morgan fingerprint density at radius 1 is 1.25 bits per heavy atom. The maximum atomic E-state index is 12.7. The lowest BCUT2D eigenvalue weighted by Gasteiger charge is -2.21. The molecule has 10 heteroatoms. The number of para-hydroxylation sites is 2. The van der Waals surface area contributed by atoms with Gasteiger partial charge in [-0.15, -0.1) is 0 Å². The molecule has 0 spiro atoms. The molecule has 0 aliphatic carbocycles. The first-order chi connectivity index (χ1) is 15.5. The number of rotatable bonds is 5. The SMILES string of the molecule is CCC(=O)N1N=C(c2c(O)n(-c3ccccc3OC)c(=O)[nH]c2=O)C[C@@H]1c1cccnc1. The summed E-state index contributed by atoms with van der Waals surface area (Å²) in [6.45, 7) is 1.71. The van der Waals surface area contributed by atoms with E-state index in [1.165, 1.54) is 12.1 Å². The third-order valence-electron chi connectivity index (χ3n) is 5.24. The molecule has 1 aliphatic heterocycles. The van der Waals surface area contributed by atoms with Crippen molar-refractivity contribution < 1.29 is 14.6 Å². The van der Waals surface area contributed by atoms with Crippen LogP contribution in [0.4, 0.5) is 0 Å². The Balaban J connectivity index is 1.88. The number of hydrazone groups is 1. The average molecular weight is 435 g/mol. The molecular weight excluding hydrogens is 414 g/mol. The van der Waals surface area contributed by atoms with Crippen LogP contribution in [0.2, 0.25) is 0 Å². The van der Waals surface area contributed by atoms with Crippen molar-refractivity contribution in [1.82, 2.24) is 19.5 Å². The van der Waals surface area contributed by atoms with Crippen molar-refractivity contribution >= 4 is 11.6 Å². The summed E-state index contributed by atoms with van der Waals surface area (Å²) in [6, 6.07) is 9.65. The minimum atomic E-state index is -0.829. The van der Waals surface area contributed by atoms with Crippen LogP contribution in [0.3, 0.4) is 0 Å². The second-order valence-corrected chi connectivity index (χ2v) is 7.11. The predicted molar refractivity (Wildman–Crippen MR) is 116 cm³/mol. The van der Waals surface area contributed by atoms with Gasteiger partial charge >= 0.3 is 5.69 Å². The van der Waals surface area contributed by atoms with E-state index in [0.717, 1.165) is 10.1 Å². The van der Waals surface area contributed by atoms with Crippen molar-refractivity contribution in [3.05, 3.63) is 80.8 Å². The number of H-pyrrole nitrogens is 1. The van der Waals surface area contributed by atoms with E-state index in [0.29, 0.717) is 5.75 Å². The molecule has 3 aromatic rings. The first kappa shape index (κ1) is 21.0. The molecule has 10 nitrogen and oxygen atoms in total. The van der Waals surface area contributed by atoms with Gasteiger partial charge in [-0.25, -0.2) is 14.4 Å². The van der Waals surface area contributed by atoms with Gasteiger partial charge in [0.1, 0.15) is 11.3 Å². The summed E-state index contributed by atoms with van der Waals surface area (Å²) in [5.74, 6) is -0.507. The largest absolute Gasteiger partial charge is 0.495 e. The highest BCUT2D eigenvalue weighted by Crippen LogP contribution is 2.34. The Bertz CT molecular complexity index is 1310. The van der Waals surface area contributed by atoms with E-state index in [9.17, 15) is 19.5 Å². The molecule has 0 saturated carbocycles. The molecule has 2 aromatic heterocycles. The molecule has 1 aromatic carbocycles. The number of nitrogens with one attached hydrogen (secondary N) is 1. The monoisotopic (exact) mass is 435 g/mol.